The molecule has 24 heavy (non-hydrogen) atoms. The fourth-order valence-electron chi connectivity index (χ4n) is 3.31. The number of amides is 3. The minimum Gasteiger partial charge on any atom is -0.354 e. The normalized spacial score (nSPS) is 20.3. The molecule has 2 fully saturated rings. The lowest BCUT2D eigenvalue weighted by Gasteiger charge is -2.33. The number of rotatable bonds is 3. The number of piperidine rings is 1. The van der Waals surface area contributed by atoms with Gasteiger partial charge in [0.15, 0.2) is 0 Å². The van der Waals surface area contributed by atoms with Crippen LogP contribution in [0.1, 0.15) is 24.8 Å². The number of nitrogens with zero attached hydrogens (tertiary/aromatic N) is 2. The van der Waals surface area contributed by atoms with Crippen molar-refractivity contribution >= 4 is 11.9 Å². The van der Waals surface area contributed by atoms with E-state index in [0.717, 1.165) is 32.5 Å². The number of benzene rings is 1. The topological polar surface area (TPSA) is 64.7 Å². The maximum absolute atomic E-state index is 12.4. The van der Waals surface area contributed by atoms with Crippen LogP contribution in [-0.4, -0.2) is 60.5 Å². The first-order valence-corrected chi connectivity index (χ1v) is 8.79. The number of likely N-dealkylation sites (tertiary alicyclic amines) is 1. The summed E-state index contributed by atoms with van der Waals surface area (Å²) < 4.78 is 0. The van der Waals surface area contributed by atoms with Gasteiger partial charge in [-0.05, 0) is 18.4 Å². The van der Waals surface area contributed by atoms with E-state index in [0.29, 0.717) is 26.1 Å². The van der Waals surface area contributed by atoms with E-state index in [9.17, 15) is 9.59 Å². The van der Waals surface area contributed by atoms with Crippen molar-refractivity contribution in [2.24, 2.45) is 0 Å². The summed E-state index contributed by atoms with van der Waals surface area (Å²) in [5, 5.41) is 5.93. The van der Waals surface area contributed by atoms with E-state index in [1.807, 2.05) is 6.07 Å². The molecule has 6 nitrogen and oxygen atoms in total. The number of carbonyl (C=O) groups is 2. The zero-order valence-corrected chi connectivity index (χ0v) is 14.0. The highest BCUT2D eigenvalue weighted by atomic mass is 16.2. The Morgan fingerprint density at radius 2 is 1.88 bits per heavy atom. The van der Waals surface area contributed by atoms with Crippen molar-refractivity contribution in [3.63, 3.8) is 0 Å². The minimum atomic E-state index is -0.0343. The van der Waals surface area contributed by atoms with Crippen LogP contribution in [0.15, 0.2) is 30.3 Å². The minimum absolute atomic E-state index is 0.0273. The van der Waals surface area contributed by atoms with Crippen LogP contribution in [0.2, 0.25) is 0 Å². The van der Waals surface area contributed by atoms with Crippen molar-refractivity contribution in [3.05, 3.63) is 35.9 Å². The van der Waals surface area contributed by atoms with Gasteiger partial charge in [-0.15, -0.1) is 0 Å². The second kappa shape index (κ2) is 8.15. The lowest BCUT2D eigenvalue weighted by molar-refractivity contribution is -0.120. The van der Waals surface area contributed by atoms with Gasteiger partial charge in [0.05, 0.1) is 0 Å². The molecule has 2 aliphatic heterocycles. The zero-order valence-electron chi connectivity index (χ0n) is 14.0. The summed E-state index contributed by atoms with van der Waals surface area (Å²) in [6, 6.07) is 10.7. The van der Waals surface area contributed by atoms with E-state index < -0.39 is 0 Å². The Morgan fingerprint density at radius 3 is 2.62 bits per heavy atom. The molecule has 0 spiro atoms. The van der Waals surface area contributed by atoms with Crippen molar-refractivity contribution in [1.29, 1.82) is 0 Å². The molecule has 3 amide bonds. The number of nitrogens with one attached hydrogen (secondary N) is 2. The van der Waals surface area contributed by atoms with Gasteiger partial charge in [0.25, 0.3) is 0 Å². The van der Waals surface area contributed by atoms with E-state index in [1.165, 1.54) is 5.56 Å². The highest BCUT2D eigenvalue weighted by molar-refractivity contribution is 5.79. The predicted octanol–water partition coefficient (Wildman–Crippen LogP) is 1.18. The standard InChI is InChI=1S/C18H26N4O2/c23-17-8-12-22(13-9-19-17)18(24)20-16-6-10-21(11-7-16)14-15-4-2-1-3-5-15/h1-5,16H,6-14H2,(H,19,23)(H,20,24). The highest BCUT2D eigenvalue weighted by Gasteiger charge is 2.24. The summed E-state index contributed by atoms with van der Waals surface area (Å²) in [5.41, 5.74) is 1.33. The van der Waals surface area contributed by atoms with Gasteiger partial charge in [0.1, 0.15) is 0 Å². The summed E-state index contributed by atoms with van der Waals surface area (Å²) in [4.78, 5) is 27.9. The first-order valence-electron chi connectivity index (χ1n) is 8.79. The van der Waals surface area contributed by atoms with Gasteiger partial charge in [0.2, 0.25) is 5.91 Å². The van der Waals surface area contributed by atoms with E-state index in [-0.39, 0.29) is 18.0 Å². The molecule has 6 heteroatoms. The average molecular weight is 330 g/mol. The Hall–Kier alpha value is -2.08. The molecule has 1 aromatic rings. The third-order valence-corrected chi connectivity index (χ3v) is 4.76. The largest absolute Gasteiger partial charge is 0.354 e. The van der Waals surface area contributed by atoms with Gasteiger partial charge in [-0.1, -0.05) is 30.3 Å². The number of hydrogen-bond donors (Lipinski definition) is 2. The molecule has 2 N–H and O–H groups in total. The molecular weight excluding hydrogens is 304 g/mol. The van der Waals surface area contributed by atoms with Gasteiger partial charge < -0.3 is 15.5 Å². The molecule has 2 aliphatic rings. The molecule has 0 unspecified atom stereocenters. The molecule has 130 valence electrons. The monoisotopic (exact) mass is 330 g/mol. The average Bonchev–Trinajstić information content (AvgIpc) is 2.82. The quantitative estimate of drug-likeness (QED) is 0.875. The fourth-order valence-corrected chi connectivity index (χ4v) is 3.31. The maximum atomic E-state index is 12.4. The van der Waals surface area contributed by atoms with Crippen molar-refractivity contribution in [1.82, 2.24) is 20.4 Å². The first-order chi connectivity index (χ1) is 11.7. The SMILES string of the molecule is O=C1CCN(C(=O)NC2CCN(Cc3ccccc3)CC2)CCN1. The van der Waals surface area contributed by atoms with Crippen LogP contribution < -0.4 is 10.6 Å². The highest BCUT2D eigenvalue weighted by Crippen LogP contribution is 2.14. The second-order valence-corrected chi connectivity index (χ2v) is 6.57. The smallest absolute Gasteiger partial charge is 0.317 e. The van der Waals surface area contributed by atoms with Crippen LogP contribution in [0.25, 0.3) is 0 Å². The lowest BCUT2D eigenvalue weighted by Crippen LogP contribution is -2.49. The third kappa shape index (κ3) is 4.71. The van der Waals surface area contributed by atoms with E-state index >= 15 is 0 Å². The molecule has 0 atom stereocenters. The maximum Gasteiger partial charge on any atom is 0.317 e. The number of hydrogen-bond acceptors (Lipinski definition) is 3. The lowest BCUT2D eigenvalue weighted by atomic mass is 10.0. The van der Waals surface area contributed by atoms with Gasteiger partial charge in [-0.25, -0.2) is 4.79 Å². The van der Waals surface area contributed by atoms with Crippen LogP contribution >= 0.6 is 0 Å². The van der Waals surface area contributed by atoms with Gasteiger partial charge in [0, 0.05) is 51.7 Å². The molecule has 0 radical (unpaired) electrons. The summed E-state index contributed by atoms with van der Waals surface area (Å²) in [5.74, 6) is 0.0273. The molecule has 0 bridgehead atoms. The number of urea groups is 1. The molecule has 0 aromatic heterocycles. The summed E-state index contributed by atoms with van der Waals surface area (Å²) in [7, 11) is 0. The van der Waals surface area contributed by atoms with Gasteiger partial charge in [-0.3, -0.25) is 9.69 Å². The molecule has 3 rings (SSSR count). The Labute approximate surface area is 143 Å². The van der Waals surface area contributed by atoms with Crippen molar-refractivity contribution < 1.29 is 9.59 Å². The Morgan fingerprint density at radius 1 is 1.12 bits per heavy atom. The molecular formula is C18H26N4O2. The van der Waals surface area contributed by atoms with Crippen LogP contribution in [-0.2, 0) is 11.3 Å². The van der Waals surface area contributed by atoms with Gasteiger partial charge >= 0.3 is 6.03 Å². The summed E-state index contributed by atoms with van der Waals surface area (Å²) in [6.45, 7) is 4.61. The van der Waals surface area contributed by atoms with Crippen LogP contribution in [0.4, 0.5) is 4.79 Å². The zero-order chi connectivity index (χ0) is 16.8. The molecule has 2 heterocycles. The van der Waals surface area contributed by atoms with Gasteiger partial charge in [-0.2, -0.15) is 0 Å². The number of carbonyl (C=O) groups excluding carboxylic acids is 2. The molecule has 0 saturated carbocycles. The molecule has 2 saturated heterocycles. The van der Waals surface area contributed by atoms with E-state index in [2.05, 4.69) is 39.8 Å². The Balaban J connectivity index is 1.41. The summed E-state index contributed by atoms with van der Waals surface area (Å²) in [6.07, 6.45) is 2.34. The third-order valence-electron chi connectivity index (χ3n) is 4.76. The van der Waals surface area contributed by atoms with E-state index in [1.54, 1.807) is 4.90 Å². The van der Waals surface area contributed by atoms with Crippen LogP contribution in [0, 0.1) is 0 Å². The van der Waals surface area contributed by atoms with Crippen LogP contribution in [0.5, 0.6) is 0 Å². The predicted molar refractivity (Wildman–Crippen MR) is 92.5 cm³/mol. The van der Waals surface area contributed by atoms with Crippen molar-refractivity contribution in [3.8, 4) is 0 Å². The summed E-state index contributed by atoms with van der Waals surface area (Å²) >= 11 is 0. The Bertz CT molecular complexity index is 555. The fraction of sp³-hybridized carbons (Fsp3) is 0.556. The van der Waals surface area contributed by atoms with Crippen LogP contribution in [0.3, 0.4) is 0 Å². The van der Waals surface area contributed by atoms with E-state index in [4.69, 9.17) is 0 Å². The van der Waals surface area contributed by atoms with Crippen molar-refractivity contribution in [2.75, 3.05) is 32.7 Å². The molecule has 1 aromatic carbocycles. The second-order valence-electron chi connectivity index (χ2n) is 6.57. The van der Waals surface area contributed by atoms with Crippen molar-refractivity contribution in [2.45, 2.75) is 31.8 Å². The first kappa shape index (κ1) is 16.8. The Kier molecular flexibility index (Phi) is 5.69. The molecule has 0 aliphatic carbocycles.